The Morgan fingerprint density at radius 1 is 1.36 bits per heavy atom. The predicted molar refractivity (Wildman–Crippen MR) is 82.9 cm³/mol. The van der Waals surface area contributed by atoms with E-state index in [4.69, 9.17) is 9.47 Å². The Balaban J connectivity index is 1.79. The fraction of sp³-hybridized carbons (Fsp3) is 0.500. The fourth-order valence-electron chi connectivity index (χ4n) is 2.11. The monoisotopic (exact) mass is 306 g/mol. The molecule has 1 unspecified atom stereocenters. The first-order chi connectivity index (χ1) is 10.6. The first kappa shape index (κ1) is 16.1. The number of ether oxygens (including phenoxy) is 2. The minimum Gasteiger partial charge on any atom is -0.484 e. The van der Waals surface area contributed by atoms with Crippen LogP contribution >= 0.6 is 0 Å². The van der Waals surface area contributed by atoms with Gasteiger partial charge in [0.05, 0.1) is 6.61 Å². The number of hydrogen-bond donors (Lipinski definition) is 2. The summed E-state index contributed by atoms with van der Waals surface area (Å²) >= 11 is 0. The topological polar surface area (TPSA) is 76.7 Å². The number of carbonyl (C=O) groups is 2. The molecule has 2 N–H and O–H groups in total. The van der Waals surface area contributed by atoms with Gasteiger partial charge in [0.15, 0.2) is 6.61 Å². The van der Waals surface area contributed by atoms with E-state index in [2.05, 4.69) is 10.6 Å². The summed E-state index contributed by atoms with van der Waals surface area (Å²) in [6.45, 7) is 4.01. The normalized spacial score (nSPS) is 14.8. The van der Waals surface area contributed by atoms with Crippen LogP contribution in [0.15, 0.2) is 24.3 Å². The molecule has 22 heavy (non-hydrogen) atoms. The third-order valence-electron chi connectivity index (χ3n) is 3.44. The number of hydrogen-bond acceptors (Lipinski definition) is 4. The van der Waals surface area contributed by atoms with E-state index in [1.807, 2.05) is 6.92 Å². The van der Waals surface area contributed by atoms with E-state index >= 15 is 0 Å². The third-order valence-corrected chi connectivity index (χ3v) is 3.44. The smallest absolute Gasteiger partial charge is 0.411 e. The van der Waals surface area contributed by atoms with Crippen LogP contribution in [0.4, 0.5) is 10.5 Å². The molecule has 1 aliphatic rings. The van der Waals surface area contributed by atoms with Crippen LogP contribution < -0.4 is 15.4 Å². The summed E-state index contributed by atoms with van der Waals surface area (Å²) in [5.74, 6) is 0.993. The first-order valence-corrected chi connectivity index (χ1v) is 7.54. The van der Waals surface area contributed by atoms with E-state index in [1.54, 1.807) is 31.2 Å². The zero-order valence-corrected chi connectivity index (χ0v) is 12.9. The molecular formula is C16H22N2O4. The Morgan fingerprint density at radius 3 is 2.82 bits per heavy atom. The molecule has 6 nitrogen and oxygen atoms in total. The highest BCUT2D eigenvalue weighted by Crippen LogP contribution is 2.32. The standard InChI is InChI=1S/C16H22N2O4/c1-3-21-16(20)18-13-5-4-6-14(9-13)22-10-15(19)17-11(2)12-7-8-12/h4-6,9,11-12H,3,7-8,10H2,1-2H3,(H,17,19)(H,18,20). The summed E-state index contributed by atoms with van der Waals surface area (Å²) in [6, 6.07) is 7.04. The molecule has 0 heterocycles. The summed E-state index contributed by atoms with van der Waals surface area (Å²) in [7, 11) is 0. The van der Waals surface area contributed by atoms with Gasteiger partial charge in [-0.3, -0.25) is 10.1 Å². The van der Waals surface area contributed by atoms with Gasteiger partial charge < -0.3 is 14.8 Å². The lowest BCUT2D eigenvalue weighted by Gasteiger charge is -2.13. The molecule has 1 fully saturated rings. The van der Waals surface area contributed by atoms with Gasteiger partial charge in [-0.25, -0.2) is 4.79 Å². The molecule has 0 spiro atoms. The molecule has 0 aliphatic heterocycles. The molecule has 1 aromatic carbocycles. The average Bonchev–Trinajstić information content (AvgIpc) is 3.30. The molecule has 0 saturated heterocycles. The molecule has 6 heteroatoms. The minimum absolute atomic E-state index is 0.0417. The number of amides is 2. The van der Waals surface area contributed by atoms with Gasteiger partial charge >= 0.3 is 6.09 Å². The highest BCUT2D eigenvalue weighted by Gasteiger charge is 2.28. The maximum absolute atomic E-state index is 11.8. The summed E-state index contributed by atoms with van der Waals surface area (Å²) < 4.78 is 10.2. The van der Waals surface area contributed by atoms with Crippen molar-refractivity contribution in [1.29, 1.82) is 0 Å². The summed E-state index contributed by atoms with van der Waals surface area (Å²) in [5, 5.41) is 5.51. The molecule has 2 amide bonds. The number of benzene rings is 1. The minimum atomic E-state index is -0.518. The Hall–Kier alpha value is -2.24. The zero-order chi connectivity index (χ0) is 15.9. The zero-order valence-electron chi connectivity index (χ0n) is 12.9. The quantitative estimate of drug-likeness (QED) is 0.811. The van der Waals surface area contributed by atoms with Crippen molar-refractivity contribution in [2.75, 3.05) is 18.5 Å². The van der Waals surface area contributed by atoms with Crippen molar-refractivity contribution in [1.82, 2.24) is 5.32 Å². The lowest BCUT2D eigenvalue weighted by Crippen LogP contribution is -2.37. The van der Waals surface area contributed by atoms with Crippen molar-refractivity contribution in [2.24, 2.45) is 5.92 Å². The van der Waals surface area contributed by atoms with Crippen LogP contribution in [0.1, 0.15) is 26.7 Å². The molecule has 120 valence electrons. The first-order valence-electron chi connectivity index (χ1n) is 7.54. The van der Waals surface area contributed by atoms with Crippen molar-refractivity contribution < 1.29 is 19.1 Å². The van der Waals surface area contributed by atoms with Crippen LogP contribution in [0, 0.1) is 5.92 Å². The molecule has 0 radical (unpaired) electrons. The lowest BCUT2D eigenvalue weighted by molar-refractivity contribution is -0.123. The Bertz CT molecular complexity index is 529. The fourth-order valence-corrected chi connectivity index (χ4v) is 2.11. The predicted octanol–water partition coefficient (Wildman–Crippen LogP) is 2.55. The largest absolute Gasteiger partial charge is 0.484 e. The van der Waals surface area contributed by atoms with Crippen LogP contribution in [0.5, 0.6) is 5.75 Å². The van der Waals surface area contributed by atoms with Crippen LogP contribution in [-0.2, 0) is 9.53 Å². The second kappa shape index (κ2) is 7.68. The van der Waals surface area contributed by atoms with Crippen molar-refractivity contribution in [3.63, 3.8) is 0 Å². The Kier molecular flexibility index (Phi) is 5.63. The molecule has 1 atom stereocenters. The van der Waals surface area contributed by atoms with E-state index in [1.165, 1.54) is 12.8 Å². The molecule has 1 aromatic rings. The van der Waals surface area contributed by atoms with Gasteiger partial charge in [-0.1, -0.05) is 6.07 Å². The molecular weight excluding hydrogens is 284 g/mol. The maximum Gasteiger partial charge on any atom is 0.411 e. The molecule has 2 rings (SSSR count). The Labute approximate surface area is 130 Å². The van der Waals surface area contributed by atoms with Gasteiger partial charge in [-0.05, 0) is 44.7 Å². The van der Waals surface area contributed by atoms with Crippen molar-refractivity contribution >= 4 is 17.7 Å². The number of carbonyl (C=O) groups excluding carboxylic acids is 2. The van der Waals surface area contributed by atoms with E-state index in [-0.39, 0.29) is 18.6 Å². The third kappa shape index (κ3) is 5.27. The van der Waals surface area contributed by atoms with Crippen LogP contribution in [0.3, 0.4) is 0 Å². The average molecular weight is 306 g/mol. The molecule has 1 aliphatic carbocycles. The van der Waals surface area contributed by atoms with E-state index in [0.717, 1.165) is 0 Å². The van der Waals surface area contributed by atoms with Crippen molar-refractivity contribution in [3.8, 4) is 5.75 Å². The van der Waals surface area contributed by atoms with E-state index in [9.17, 15) is 9.59 Å². The molecule has 1 saturated carbocycles. The van der Waals surface area contributed by atoms with Gasteiger partial charge in [0, 0.05) is 17.8 Å². The van der Waals surface area contributed by atoms with Gasteiger partial charge in [-0.15, -0.1) is 0 Å². The summed E-state index contributed by atoms with van der Waals surface area (Å²) in [5.41, 5.74) is 0.558. The second-order valence-electron chi connectivity index (χ2n) is 5.36. The number of rotatable bonds is 7. The van der Waals surface area contributed by atoms with Gasteiger partial charge in [0.1, 0.15) is 5.75 Å². The van der Waals surface area contributed by atoms with Crippen LogP contribution in [0.2, 0.25) is 0 Å². The lowest BCUT2D eigenvalue weighted by atomic mass is 10.2. The molecule has 0 aromatic heterocycles. The summed E-state index contributed by atoms with van der Waals surface area (Å²) in [4.78, 5) is 23.1. The summed E-state index contributed by atoms with van der Waals surface area (Å²) in [6.07, 6.45) is 1.85. The SMILES string of the molecule is CCOC(=O)Nc1cccc(OCC(=O)NC(C)C2CC2)c1. The molecule has 0 bridgehead atoms. The maximum atomic E-state index is 11.8. The Morgan fingerprint density at radius 2 is 2.14 bits per heavy atom. The van der Waals surface area contributed by atoms with Gasteiger partial charge in [0.2, 0.25) is 0 Å². The highest BCUT2D eigenvalue weighted by molar-refractivity contribution is 5.84. The van der Waals surface area contributed by atoms with Crippen molar-refractivity contribution in [2.45, 2.75) is 32.7 Å². The number of anilines is 1. The van der Waals surface area contributed by atoms with E-state index < -0.39 is 6.09 Å². The van der Waals surface area contributed by atoms with E-state index in [0.29, 0.717) is 24.0 Å². The van der Waals surface area contributed by atoms with Gasteiger partial charge in [-0.2, -0.15) is 0 Å². The van der Waals surface area contributed by atoms with Crippen molar-refractivity contribution in [3.05, 3.63) is 24.3 Å². The highest BCUT2D eigenvalue weighted by atomic mass is 16.5. The van der Waals surface area contributed by atoms with Gasteiger partial charge in [0.25, 0.3) is 5.91 Å². The number of nitrogens with one attached hydrogen (secondary N) is 2. The van der Waals surface area contributed by atoms with Crippen LogP contribution in [0.25, 0.3) is 0 Å². The van der Waals surface area contributed by atoms with Crippen LogP contribution in [-0.4, -0.2) is 31.3 Å². The second-order valence-corrected chi connectivity index (χ2v) is 5.36.